The molecule has 0 unspecified atom stereocenters. The number of carbonyl (C=O) groups is 2. The zero-order chi connectivity index (χ0) is 29.5. The second-order valence-corrected chi connectivity index (χ2v) is 13.0. The number of sulfonamides is 1. The van der Waals surface area contributed by atoms with Crippen LogP contribution in [0.5, 0.6) is 5.88 Å². The van der Waals surface area contributed by atoms with Gasteiger partial charge in [-0.3, -0.25) is 9.59 Å². The number of hydrogen-bond donors (Lipinski definition) is 2. The van der Waals surface area contributed by atoms with E-state index in [2.05, 4.69) is 20.0 Å². The molecule has 5 rings (SSSR count). The van der Waals surface area contributed by atoms with Gasteiger partial charge in [-0.2, -0.15) is 4.98 Å². The molecule has 2 aliphatic heterocycles. The number of fused-ring (bicyclic) bond motifs is 5. The lowest BCUT2D eigenvalue weighted by Gasteiger charge is -2.41. The van der Waals surface area contributed by atoms with E-state index in [0.717, 1.165) is 16.7 Å². The molecule has 1 aromatic heterocycles. The normalized spacial score (nSPS) is 20.2. The van der Waals surface area contributed by atoms with Crippen LogP contribution in [0.3, 0.4) is 0 Å². The second-order valence-electron chi connectivity index (χ2n) is 11.3. The lowest BCUT2D eigenvalue weighted by atomic mass is 9.87. The molecule has 4 bridgehead atoms. The summed E-state index contributed by atoms with van der Waals surface area (Å²) < 4.78 is 35.6. The molecule has 1 saturated heterocycles. The van der Waals surface area contributed by atoms with E-state index < -0.39 is 33.5 Å². The first-order valence-corrected chi connectivity index (χ1v) is 15.2. The van der Waals surface area contributed by atoms with Crippen LogP contribution in [0.2, 0.25) is 0 Å². The van der Waals surface area contributed by atoms with E-state index in [-0.39, 0.29) is 34.7 Å². The SMILES string of the molecule is CCC(C)(C)C(=O)N1CC[C@H]2Oc3cc(-c4c(C)cccc4C)nc(n3)NS(=O)(=O)c3cccc(c3)C(=O)N[C@@H]2C1. The minimum atomic E-state index is -4.13. The number of amides is 2. The summed E-state index contributed by atoms with van der Waals surface area (Å²) >= 11 is 0. The van der Waals surface area contributed by atoms with Crippen molar-refractivity contribution in [2.24, 2.45) is 5.41 Å². The van der Waals surface area contributed by atoms with Gasteiger partial charge in [-0.15, -0.1) is 0 Å². The number of nitrogens with one attached hydrogen (secondary N) is 2. The van der Waals surface area contributed by atoms with Gasteiger partial charge in [-0.05, 0) is 49.6 Å². The Morgan fingerprint density at radius 1 is 1.10 bits per heavy atom. The Balaban J connectivity index is 1.62. The second kappa shape index (κ2) is 10.8. The molecule has 2 aliphatic rings. The molecule has 3 heterocycles. The number of anilines is 1. The van der Waals surface area contributed by atoms with Gasteiger partial charge in [-0.1, -0.05) is 45.0 Å². The van der Waals surface area contributed by atoms with E-state index in [1.165, 1.54) is 18.2 Å². The van der Waals surface area contributed by atoms with Crippen LogP contribution >= 0.6 is 0 Å². The van der Waals surface area contributed by atoms with Crippen molar-refractivity contribution in [2.75, 3.05) is 17.8 Å². The summed E-state index contributed by atoms with van der Waals surface area (Å²) in [5.41, 5.74) is 2.90. The summed E-state index contributed by atoms with van der Waals surface area (Å²) in [6.45, 7) is 10.4. The number of aryl methyl sites for hydroxylation is 2. The molecule has 0 saturated carbocycles. The summed E-state index contributed by atoms with van der Waals surface area (Å²) in [4.78, 5) is 37.3. The summed E-state index contributed by atoms with van der Waals surface area (Å²) in [5.74, 6) is -0.426. The molecular formula is C30H35N5O5S. The van der Waals surface area contributed by atoms with Crippen molar-refractivity contribution in [3.8, 4) is 17.1 Å². The Hall–Kier alpha value is -3.99. The van der Waals surface area contributed by atoms with Gasteiger partial charge in [0.15, 0.2) is 0 Å². The maximum absolute atomic E-state index is 13.4. The summed E-state index contributed by atoms with van der Waals surface area (Å²) in [5, 5.41) is 3.00. The first-order chi connectivity index (χ1) is 19.4. The largest absolute Gasteiger partial charge is 0.472 e. The molecule has 2 N–H and O–H groups in total. The van der Waals surface area contributed by atoms with Gasteiger partial charge in [0, 0.05) is 42.1 Å². The van der Waals surface area contributed by atoms with Gasteiger partial charge < -0.3 is 15.0 Å². The molecule has 0 radical (unpaired) electrons. The van der Waals surface area contributed by atoms with Gasteiger partial charge in [0.25, 0.3) is 15.9 Å². The van der Waals surface area contributed by atoms with E-state index in [1.54, 1.807) is 17.0 Å². The third-order valence-corrected chi connectivity index (χ3v) is 9.29. The average molecular weight is 578 g/mol. The highest BCUT2D eigenvalue weighted by Gasteiger charge is 2.39. The number of hydrogen-bond acceptors (Lipinski definition) is 7. The molecule has 3 aromatic rings. The lowest BCUT2D eigenvalue weighted by molar-refractivity contribution is -0.143. The Morgan fingerprint density at radius 3 is 2.51 bits per heavy atom. The topological polar surface area (TPSA) is 131 Å². The van der Waals surface area contributed by atoms with Crippen LogP contribution in [-0.4, -0.2) is 60.3 Å². The van der Waals surface area contributed by atoms with Crippen molar-refractivity contribution in [1.29, 1.82) is 0 Å². The van der Waals surface area contributed by atoms with Gasteiger partial charge in [0.05, 0.1) is 16.6 Å². The van der Waals surface area contributed by atoms with Crippen LogP contribution in [0.25, 0.3) is 11.3 Å². The zero-order valence-electron chi connectivity index (χ0n) is 23.9. The molecule has 2 atom stereocenters. The van der Waals surface area contributed by atoms with Gasteiger partial charge in [0.1, 0.15) is 6.10 Å². The lowest BCUT2D eigenvalue weighted by Crippen LogP contribution is -2.59. The third kappa shape index (κ3) is 5.76. The van der Waals surface area contributed by atoms with E-state index in [9.17, 15) is 18.0 Å². The fourth-order valence-corrected chi connectivity index (χ4v) is 6.23. The molecule has 41 heavy (non-hydrogen) atoms. The Labute approximate surface area is 240 Å². The zero-order valence-corrected chi connectivity index (χ0v) is 24.7. The van der Waals surface area contributed by atoms with Gasteiger partial charge in [0.2, 0.25) is 17.7 Å². The van der Waals surface area contributed by atoms with E-state index in [4.69, 9.17) is 4.74 Å². The van der Waals surface area contributed by atoms with Crippen molar-refractivity contribution >= 4 is 27.8 Å². The molecule has 11 heteroatoms. The Morgan fingerprint density at radius 2 is 1.80 bits per heavy atom. The van der Waals surface area contributed by atoms with E-state index in [0.29, 0.717) is 25.1 Å². The third-order valence-electron chi connectivity index (χ3n) is 7.96. The van der Waals surface area contributed by atoms with Crippen molar-refractivity contribution in [3.05, 3.63) is 65.2 Å². The van der Waals surface area contributed by atoms with Crippen LogP contribution in [0, 0.1) is 19.3 Å². The van der Waals surface area contributed by atoms with Crippen LogP contribution in [0.15, 0.2) is 53.4 Å². The number of benzene rings is 2. The van der Waals surface area contributed by atoms with Gasteiger partial charge >= 0.3 is 0 Å². The predicted octanol–water partition coefficient (Wildman–Crippen LogP) is 4.09. The molecular weight excluding hydrogens is 542 g/mol. The molecule has 216 valence electrons. The first kappa shape index (κ1) is 28.5. The Bertz CT molecular complexity index is 1600. The van der Waals surface area contributed by atoms with Crippen molar-refractivity contribution in [1.82, 2.24) is 20.2 Å². The minimum absolute atomic E-state index is 0.00884. The average Bonchev–Trinajstić information content (AvgIpc) is 2.93. The molecule has 0 aliphatic carbocycles. The number of nitrogens with zero attached hydrogens (tertiary/aromatic N) is 3. The fourth-order valence-electron chi connectivity index (χ4n) is 5.24. The molecule has 10 nitrogen and oxygen atoms in total. The summed E-state index contributed by atoms with van der Waals surface area (Å²) in [6.07, 6.45) is 0.598. The number of rotatable bonds is 3. The number of likely N-dealkylation sites (tertiary alicyclic amines) is 1. The molecule has 2 amide bonds. The number of aromatic nitrogens is 2. The summed E-state index contributed by atoms with van der Waals surface area (Å²) in [7, 11) is -4.13. The maximum Gasteiger partial charge on any atom is 0.264 e. The smallest absolute Gasteiger partial charge is 0.264 e. The predicted molar refractivity (Wildman–Crippen MR) is 155 cm³/mol. The highest BCUT2D eigenvalue weighted by Crippen LogP contribution is 2.32. The van der Waals surface area contributed by atoms with E-state index >= 15 is 0 Å². The molecule has 1 fully saturated rings. The standard InChI is InChI=1S/C30H35N5O5S/c1-6-30(4,5)28(37)35-14-13-24-23(17-35)31-27(36)20-11-8-12-21(15-20)41(38,39)34-29-32-22(16-25(33-29)40-24)26-18(2)9-7-10-19(26)3/h7-12,15-16,23-24H,6,13-14,17H2,1-5H3,(H,31,36)(H,32,33,34)/t23-,24-/m1/s1. The maximum atomic E-state index is 13.4. The highest BCUT2D eigenvalue weighted by molar-refractivity contribution is 7.92. The van der Waals surface area contributed by atoms with E-state index in [1.807, 2.05) is 52.8 Å². The fraction of sp³-hybridized carbons (Fsp3) is 0.400. The Kier molecular flexibility index (Phi) is 7.50. The molecule has 2 aromatic carbocycles. The highest BCUT2D eigenvalue weighted by atomic mass is 32.2. The van der Waals surface area contributed by atoms with Crippen LogP contribution in [-0.2, 0) is 14.8 Å². The van der Waals surface area contributed by atoms with Crippen LogP contribution in [0.4, 0.5) is 5.95 Å². The van der Waals surface area contributed by atoms with Crippen LogP contribution < -0.4 is 14.8 Å². The first-order valence-electron chi connectivity index (χ1n) is 13.7. The van der Waals surface area contributed by atoms with Crippen LogP contribution in [0.1, 0.15) is 55.1 Å². The molecule has 0 spiro atoms. The number of ether oxygens (including phenoxy) is 1. The number of carbonyl (C=O) groups excluding carboxylic acids is 2. The van der Waals surface area contributed by atoms with Crippen molar-refractivity contribution in [3.63, 3.8) is 0 Å². The monoisotopic (exact) mass is 577 g/mol. The summed E-state index contributed by atoms with van der Waals surface area (Å²) in [6, 6.07) is 12.8. The quantitative estimate of drug-likeness (QED) is 0.480. The van der Waals surface area contributed by atoms with Crippen molar-refractivity contribution in [2.45, 2.75) is 64.5 Å². The van der Waals surface area contributed by atoms with Gasteiger partial charge in [-0.25, -0.2) is 18.1 Å². The number of piperidine rings is 1. The minimum Gasteiger partial charge on any atom is -0.472 e. The van der Waals surface area contributed by atoms with Crippen molar-refractivity contribution < 1.29 is 22.7 Å².